The van der Waals surface area contributed by atoms with Gasteiger partial charge in [-0.25, -0.2) is 9.78 Å². The zero-order chi connectivity index (χ0) is 11.2. The van der Waals surface area contributed by atoms with E-state index in [-0.39, 0.29) is 17.4 Å². The average Bonchev–Trinajstić information content (AvgIpc) is 2.66. The summed E-state index contributed by atoms with van der Waals surface area (Å²) in [6.07, 6.45) is 4.63. The second kappa shape index (κ2) is 3.04. The lowest BCUT2D eigenvalue weighted by Gasteiger charge is -2.57. The number of hydrogen-bond acceptors (Lipinski definition) is 4. The Morgan fingerprint density at radius 1 is 1.50 bits per heavy atom. The molecule has 1 amide bonds. The number of amides is 1. The highest BCUT2D eigenvalue weighted by Gasteiger charge is 2.54. The topological polar surface area (TPSA) is 74.8 Å². The average molecular weight is 217 g/mol. The van der Waals surface area contributed by atoms with Crippen LogP contribution in [0.3, 0.4) is 0 Å². The van der Waals surface area contributed by atoms with Gasteiger partial charge in [-0.2, -0.15) is 15.0 Å². The van der Waals surface area contributed by atoms with Crippen LogP contribution in [0, 0.1) is 22.7 Å². The molecule has 16 heavy (non-hydrogen) atoms. The molecule has 6 heteroatoms. The Balaban J connectivity index is 1.59. The lowest BCUT2D eigenvalue weighted by atomic mass is 9.58. The number of rotatable bonds is 0. The van der Waals surface area contributed by atoms with Gasteiger partial charge in [0.15, 0.2) is 0 Å². The van der Waals surface area contributed by atoms with Crippen LogP contribution in [0.15, 0.2) is 12.7 Å². The molecule has 0 bridgehead atoms. The molecular weight excluding hydrogens is 206 g/mol. The van der Waals surface area contributed by atoms with E-state index in [2.05, 4.69) is 16.2 Å². The quantitative estimate of drug-likeness (QED) is 0.633. The molecule has 82 valence electrons. The molecule has 0 radical (unpaired) electrons. The summed E-state index contributed by atoms with van der Waals surface area (Å²) in [5.74, 6) is 0.198. The fraction of sp³-hybridized carbons (Fsp3) is 0.600. The summed E-state index contributed by atoms with van der Waals surface area (Å²) in [5, 5.41) is 12.5. The number of nitrogens with zero attached hydrogens (tertiary/aromatic N) is 5. The van der Waals surface area contributed by atoms with Crippen molar-refractivity contribution < 1.29 is 4.79 Å². The molecular formula is C10H11N5O. The summed E-state index contributed by atoms with van der Waals surface area (Å²) in [6.45, 7) is 1.51. The van der Waals surface area contributed by atoms with Crippen molar-refractivity contribution in [1.29, 1.82) is 5.26 Å². The zero-order valence-corrected chi connectivity index (χ0v) is 8.70. The van der Waals surface area contributed by atoms with E-state index in [0.29, 0.717) is 0 Å². The summed E-state index contributed by atoms with van der Waals surface area (Å²) in [4.78, 5) is 17.3. The summed E-state index contributed by atoms with van der Waals surface area (Å²) < 4.78 is 1.24. The monoisotopic (exact) mass is 217 g/mol. The van der Waals surface area contributed by atoms with E-state index in [1.807, 2.05) is 0 Å². The van der Waals surface area contributed by atoms with Crippen LogP contribution in [-0.2, 0) is 0 Å². The third-order valence-electron chi connectivity index (χ3n) is 3.48. The van der Waals surface area contributed by atoms with Crippen LogP contribution in [0.5, 0.6) is 0 Å². The molecule has 1 aliphatic carbocycles. The molecule has 2 fully saturated rings. The molecule has 1 saturated carbocycles. The van der Waals surface area contributed by atoms with Crippen LogP contribution in [0.25, 0.3) is 0 Å². The fourth-order valence-electron chi connectivity index (χ4n) is 2.69. The Morgan fingerprint density at radius 2 is 2.25 bits per heavy atom. The number of carbonyl (C=O) groups is 1. The first-order valence-corrected chi connectivity index (χ1v) is 5.26. The molecule has 6 nitrogen and oxygen atoms in total. The first-order valence-electron chi connectivity index (χ1n) is 5.26. The molecule has 0 atom stereocenters. The lowest BCUT2D eigenvalue weighted by Crippen LogP contribution is -2.64. The van der Waals surface area contributed by atoms with Gasteiger partial charge in [0.2, 0.25) is 0 Å². The summed E-state index contributed by atoms with van der Waals surface area (Å²) in [6, 6.07) is 2.14. The number of nitriles is 1. The van der Waals surface area contributed by atoms with Gasteiger partial charge < -0.3 is 4.90 Å². The van der Waals surface area contributed by atoms with Gasteiger partial charge in [-0.05, 0) is 12.8 Å². The predicted molar refractivity (Wildman–Crippen MR) is 53.2 cm³/mol. The minimum Gasteiger partial charge on any atom is -0.322 e. The second-order valence-electron chi connectivity index (χ2n) is 4.71. The van der Waals surface area contributed by atoms with Gasteiger partial charge in [0, 0.05) is 24.4 Å². The first-order chi connectivity index (χ1) is 7.72. The van der Waals surface area contributed by atoms with Gasteiger partial charge in [-0.3, -0.25) is 0 Å². The minimum absolute atomic E-state index is 0.122. The van der Waals surface area contributed by atoms with Crippen LogP contribution in [0.2, 0.25) is 0 Å². The van der Waals surface area contributed by atoms with Gasteiger partial charge in [0.25, 0.3) is 0 Å². The maximum absolute atomic E-state index is 11.8. The van der Waals surface area contributed by atoms with Crippen molar-refractivity contribution in [3.8, 4) is 6.07 Å². The maximum atomic E-state index is 11.8. The van der Waals surface area contributed by atoms with Crippen molar-refractivity contribution in [2.24, 2.45) is 11.3 Å². The molecule has 0 aromatic carbocycles. The van der Waals surface area contributed by atoms with Gasteiger partial charge in [0.1, 0.15) is 12.7 Å². The predicted octanol–water partition coefficient (Wildman–Crippen LogP) is 0.482. The molecule has 3 rings (SSSR count). The lowest BCUT2D eigenvalue weighted by molar-refractivity contribution is -0.0548. The van der Waals surface area contributed by atoms with Crippen LogP contribution in [0.4, 0.5) is 4.79 Å². The van der Waals surface area contributed by atoms with E-state index in [1.165, 1.54) is 17.3 Å². The van der Waals surface area contributed by atoms with Gasteiger partial charge in [0.05, 0.1) is 6.07 Å². The van der Waals surface area contributed by atoms with Crippen molar-refractivity contribution >= 4 is 6.03 Å². The molecule has 0 unspecified atom stereocenters. The highest BCUT2D eigenvalue weighted by Crippen LogP contribution is 2.51. The van der Waals surface area contributed by atoms with Gasteiger partial charge in [-0.15, -0.1) is 0 Å². The fourth-order valence-corrected chi connectivity index (χ4v) is 2.69. The Hall–Kier alpha value is -1.90. The maximum Gasteiger partial charge on any atom is 0.346 e. The normalized spacial score (nSPS) is 22.3. The van der Waals surface area contributed by atoms with Crippen LogP contribution in [-0.4, -0.2) is 38.8 Å². The van der Waals surface area contributed by atoms with Crippen LogP contribution >= 0.6 is 0 Å². The Bertz CT molecular complexity index is 446. The van der Waals surface area contributed by atoms with Crippen molar-refractivity contribution in [2.75, 3.05) is 13.1 Å². The molecule has 0 N–H and O–H groups in total. The van der Waals surface area contributed by atoms with Gasteiger partial charge in [-0.1, -0.05) is 0 Å². The van der Waals surface area contributed by atoms with Crippen molar-refractivity contribution in [3.05, 3.63) is 12.7 Å². The third-order valence-corrected chi connectivity index (χ3v) is 3.48. The van der Waals surface area contributed by atoms with Crippen LogP contribution in [0.1, 0.15) is 12.8 Å². The Labute approximate surface area is 92.5 Å². The van der Waals surface area contributed by atoms with Crippen molar-refractivity contribution in [3.63, 3.8) is 0 Å². The molecule has 2 heterocycles. The summed E-state index contributed by atoms with van der Waals surface area (Å²) in [7, 11) is 0. The van der Waals surface area contributed by atoms with E-state index in [4.69, 9.17) is 5.26 Å². The van der Waals surface area contributed by atoms with Crippen LogP contribution < -0.4 is 0 Å². The highest BCUT2D eigenvalue weighted by molar-refractivity contribution is 5.76. The molecule has 1 aliphatic heterocycles. The summed E-state index contributed by atoms with van der Waals surface area (Å²) in [5.41, 5.74) is 0.233. The largest absolute Gasteiger partial charge is 0.346 e. The molecule has 1 aromatic heterocycles. The Kier molecular flexibility index (Phi) is 1.78. The van der Waals surface area contributed by atoms with Crippen molar-refractivity contribution in [1.82, 2.24) is 19.7 Å². The number of aromatic nitrogens is 3. The summed E-state index contributed by atoms with van der Waals surface area (Å²) >= 11 is 0. The number of carbonyl (C=O) groups excluding carboxylic acids is 1. The molecule has 1 spiro atoms. The first kappa shape index (κ1) is 9.33. The van der Waals surface area contributed by atoms with E-state index < -0.39 is 0 Å². The number of hydrogen-bond donors (Lipinski definition) is 0. The van der Waals surface area contributed by atoms with Gasteiger partial charge >= 0.3 is 6.03 Å². The smallest absolute Gasteiger partial charge is 0.322 e. The molecule has 1 saturated heterocycles. The standard InChI is InChI=1S/C10H11N5O/c11-3-8-1-10(2-8)4-14(5-10)9(16)15-7-12-6-13-15/h6-8H,1-2,4-5H2. The Morgan fingerprint density at radius 3 is 2.81 bits per heavy atom. The number of likely N-dealkylation sites (tertiary alicyclic amines) is 1. The van der Waals surface area contributed by atoms with Crippen molar-refractivity contribution in [2.45, 2.75) is 12.8 Å². The minimum atomic E-state index is -0.122. The van der Waals surface area contributed by atoms with E-state index in [0.717, 1.165) is 25.9 Å². The SMILES string of the molecule is N#CC1CC2(C1)CN(C(=O)n1cncn1)C2. The second-order valence-corrected chi connectivity index (χ2v) is 4.71. The highest BCUT2D eigenvalue weighted by atomic mass is 16.2. The molecule has 1 aromatic rings. The molecule has 2 aliphatic rings. The third kappa shape index (κ3) is 1.21. The van der Waals surface area contributed by atoms with E-state index >= 15 is 0 Å². The van der Waals surface area contributed by atoms with E-state index in [9.17, 15) is 4.79 Å². The zero-order valence-electron chi connectivity index (χ0n) is 8.70. The van der Waals surface area contributed by atoms with E-state index in [1.54, 1.807) is 4.90 Å².